The third kappa shape index (κ3) is 10.8. The fraction of sp³-hybridized carbons (Fsp3) is 0.340. The number of aromatic nitrogens is 6. The van der Waals surface area contributed by atoms with Crippen LogP contribution < -0.4 is 10.6 Å². The first-order chi connectivity index (χ1) is 34.4. The van der Waals surface area contributed by atoms with Crippen molar-refractivity contribution in [3.63, 3.8) is 0 Å². The molecule has 3 aromatic heterocycles. The number of hydrogen-bond donors (Lipinski definition) is 4. The summed E-state index contributed by atoms with van der Waals surface area (Å²) in [6.45, 7) is 11.3. The van der Waals surface area contributed by atoms with E-state index in [0.29, 0.717) is 34.6 Å². The lowest BCUT2D eigenvalue weighted by Gasteiger charge is -2.32. The zero-order valence-corrected chi connectivity index (χ0v) is 42.0. The van der Waals surface area contributed by atoms with Crippen molar-refractivity contribution in [3.05, 3.63) is 151 Å². The van der Waals surface area contributed by atoms with E-state index in [1.165, 1.54) is 27.1 Å². The summed E-state index contributed by atoms with van der Waals surface area (Å²) < 4.78 is 42.6. The van der Waals surface area contributed by atoms with Gasteiger partial charge < -0.3 is 20.8 Å². The third-order valence-electron chi connectivity index (χ3n) is 13.4. The standard InChI is InChI=1S/C53H54ClF3N10O4S/c1-29(2)40-23-41(44(69)25-43(40)68)48-62-64-50(51(71)59-28-53(55,56)57)67(48)39-16-10-33(11-17-39)22-34-18-20-65(21-19-34)27-36-8-6-35(7-9-36)26-58-45(70)24-42-49-63-61-32(5)66(49)52-46(30(3)31(4)72-52)47(60-42)37-12-14-38(54)15-13-37/h6-17,23,25,29,34,42,68-69H,18-22,24,26-28H2,1-5H3,(H,58,70)(H,59,71)/t42-/m0/s1. The van der Waals surface area contributed by atoms with Gasteiger partial charge in [-0.1, -0.05) is 74.0 Å². The zero-order valence-electron chi connectivity index (χ0n) is 40.4. The van der Waals surface area contributed by atoms with E-state index in [1.807, 2.05) is 67.1 Å². The summed E-state index contributed by atoms with van der Waals surface area (Å²) in [7, 11) is 0. The van der Waals surface area contributed by atoms with Crippen molar-refractivity contribution in [1.29, 1.82) is 0 Å². The van der Waals surface area contributed by atoms with Crippen molar-refractivity contribution < 1.29 is 33.0 Å². The molecule has 0 aliphatic carbocycles. The number of alkyl halides is 3. The molecule has 7 aromatic rings. The van der Waals surface area contributed by atoms with Crippen LogP contribution >= 0.6 is 22.9 Å². The number of amides is 2. The van der Waals surface area contributed by atoms with Gasteiger partial charge in [0, 0.05) is 45.9 Å². The van der Waals surface area contributed by atoms with Crippen LogP contribution in [-0.4, -0.2) is 88.0 Å². The molecule has 0 saturated carbocycles. The molecule has 4 N–H and O–H groups in total. The van der Waals surface area contributed by atoms with E-state index < -0.39 is 24.7 Å². The van der Waals surface area contributed by atoms with Gasteiger partial charge in [-0.3, -0.25) is 28.6 Å². The molecule has 2 amide bonds. The van der Waals surface area contributed by atoms with Crippen molar-refractivity contribution >= 4 is 40.5 Å². The number of aryl methyl sites for hydroxylation is 2. The molecule has 14 nitrogen and oxygen atoms in total. The molecule has 72 heavy (non-hydrogen) atoms. The number of aromatic hydroxyl groups is 2. The molecule has 374 valence electrons. The van der Waals surface area contributed by atoms with Crippen LogP contribution in [0.25, 0.3) is 22.1 Å². The molecule has 0 spiro atoms. The van der Waals surface area contributed by atoms with Gasteiger partial charge in [0.2, 0.25) is 11.7 Å². The molecule has 0 unspecified atom stereocenters. The number of halogens is 4. The topological polar surface area (TPSA) is 176 Å². The van der Waals surface area contributed by atoms with Crippen molar-refractivity contribution in [1.82, 2.24) is 45.1 Å². The Bertz CT molecular complexity index is 3160. The van der Waals surface area contributed by atoms with Gasteiger partial charge in [0.05, 0.1) is 17.7 Å². The SMILES string of the molecule is Cc1sc2c(c1C)C(c1ccc(Cl)cc1)=N[C@@H](CC(=O)NCc1ccc(CN3CCC(Cc4ccc(-n5c(C(=O)NCC(F)(F)F)nnc5-c5cc(C(C)C)c(O)cc5O)cc4)CC3)cc1)c1nnc(C)n1-2. The fourth-order valence-corrected chi connectivity index (χ4v) is 10.8. The lowest BCUT2D eigenvalue weighted by molar-refractivity contribution is -0.123. The third-order valence-corrected chi connectivity index (χ3v) is 14.8. The van der Waals surface area contributed by atoms with Crippen LogP contribution in [0.3, 0.4) is 0 Å². The van der Waals surface area contributed by atoms with E-state index in [0.717, 1.165) is 83.3 Å². The van der Waals surface area contributed by atoms with Gasteiger partial charge >= 0.3 is 6.18 Å². The predicted molar refractivity (Wildman–Crippen MR) is 270 cm³/mol. The molecule has 1 fully saturated rings. The van der Waals surface area contributed by atoms with Gasteiger partial charge in [-0.2, -0.15) is 13.2 Å². The molecule has 5 heterocycles. The van der Waals surface area contributed by atoms with Crippen LogP contribution in [0.4, 0.5) is 13.2 Å². The molecule has 2 aliphatic rings. The van der Waals surface area contributed by atoms with Crippen LogP contribution in [0.2, 0.25) is 5.02 Å². The van der Waals surface area contributed by atoms with E-state index in [9.17, 15) is 33.0 Å². The second-order valence-electron chi connectivity index (χ2n) is 18.9. The largest absolute Gasteiger partial charge is 0.508 e. The Balaban J connectivity index is 0.803. The Hall–Kier alpha value is -6.89. The number of nitrogens with zero attached hydrogens (tertiary/aromatic N) is 8. The number of carbonyl (C=O) groups is 2. The molecular formula is C53H54ClF3N10O4S. The summed E-state index contributed by atoms with van der Waals surface area (Å²) in [5.74, 6) is -0.409. The van der Waals surface area contributed by atoms with Crippen molar-refractivity contribution in [2.45, 2.75) is 91.5 Å². The first-order valence-corrected chi connectivity index (χ1v) is 25.0. The summed E-state index contributed by atoms with van der Waals surface area (Å²) in [5.41, 5.74) is 8.13. The lowest BCUT2D eigenvalue weighted by Crippen LogP contribution is -2.35. The van der Waals surface area contributed by atoms with Crippen LogP contribution in [0.1, 0.15) is 111 Å². The highest BCUT2D eigenvalue weighted by molar-refractivity contribution is 7.15. The number of fused-ring (bicyclic) bond motifs is 3. The van der Waals surface area contributed by atoms with E-state index in [1.54, 1.807) is 23.5 Å². The fourth-order valence-electron chi connectivity index (χ4n) is 9.41. The monoisotopic (exact) mass is 1020 g/mol. The average molecular weight is 1020 g/mol. The number of hydrogen-bond acceptors (Lipinski definition) is 11. The Morgan fingerprint density at radius 2 is 1.51 bits per heavy atom. The predicted octanol–water partition coefficient (Wildman–Crippen LogP) is 10.0. The van der Waals surface area contributed by atoms with Gasteiger partial charge in [-0.15, -0.1) is 31.7 Å². The number of piperidine rings is 1. The van der Waals surface area contributed by atoms with E-state index in [-0.39, 0.29) is 47.0 Å². The van der Waals surface area contributed by atoms with Crippen LogP contribution in [0.5, 0.6) is 11.5 Å². The molecule has 19 heteroatoms. The van der Waals surface area contributed by atoms with E-state index >= 15 is 0 Å². The van der Waals surface area contributed by atoms with Crippen LogP contribution in [0.15, 0.2) is 89.9 Å². The molecule has 0 bridgehead atoms. The minimum atomic E-state index is -4.64. The number of nitrogens with one attached hydrogen (secondary N) is 2. The number of carbonyl (C=O) groups excluding carboxylic acids is 2. The van der Waals surface area contributed by atoms with Crippen LogP contribution in [-0.2, 0) is 24.3 Å². The van der Waals surface area contributed by atoms with Gasteiger partial charge in [0.25, 0.3) is 5.91 Å². The second kappa shape index (κ2) is 20.7. The lowest BCUT2D eigenvalue weighted by atomic mass is 9.90. The number of benzene rings is 4. The zero-order chi connectivity index (χ0) is 51.0. The Morgan fingerprint density at radius 3 is 2.19 bits per heavy atom. The normalized spacial score (nSPS) is 15.2. The molecule has 1 atom stereocenters. The summed E-state index contributed by atoms with van der Waals surface area (Å²) in [6.07, 6.45) is -1.77. The van der Waals surface area contributed by atoms with Gasteiger partial charge in [-0.05, 0) is 123 Å². The van der Waals surface area contributed by atoms with Crippen molar-refractivity contribution in [3.8, 4) is 33.6 Å². The summed E-state index contributed by atoms with van der Waals surface area (Å²) in [4.78, 5) is 35.6. The molecule has 1 saturated heterocycles. The molecular weight excluding hydrogens is 965 g/mol. The van der Waals surface area contributed by atoms with Crippen molar-refractivity contribution in [2.75, 3.05) is 19.6 Å². The Morgan fingerprint density at radius 1 is 0.833 bits per heavy atom. The van der Waals surface area contributed by atoms with Crippen LogP contribution in [0, 0.1) is 26.7 Å². The number of aliphatic imine (C=N–C) groups is 1. The second-order valence-corrected chi connectivity index (χ2v) is 20.5. The van der Waals surface area contributed by atoms with Crippen molar-refractivity contribution in [2.24, 2.45) is 10.9 Å². The maximum absolute atomic E-state index is 13.6. The Kier molecular flexibility index (Phi) is 14.4. The number of likely N-dealkylation sites (tertiary alicyclic amines) is 1. The first-order valence-electron chi connectivity index (χ1n) is 23.8. The summed E-state index contributed by atoms with van der Waals surface area (Å²) in [6, 6.07) is 25.4. The Labute approximate surface area is 423 Å². The maximum Gasteiger partial charge on any atom is 0.405 e. The molecule has 2 aliphatic heterocycles. The molecule has 9 rings (SSSR count). The number of rotatable bonds is 14. The highest BCUT2D eigenvalue weighted by Gasteiger charge is 2.34. The summed E-state index contributed by atoms with van der Waals surface area (Å²) >= 11 is 7.94. The van der Waals surface area contributed by atoms with Gasteiger partial charge in [-0.25, -0.2) is 0 Å². The number of phenols is 2. The highest BCUT2D eigenvalue weighted by atomic mass is 35.5. The number of thiophene rings is 1. The quantitative estimate of drug-likeness (QED) is 0.0826. The molecule has 4 aromatic carbocycles. The molecule has 0 radical (unpaired) electrons. The van der Waals surface area contributed by atoms with E-state index in [4.69, 9.17) is 16.6 Å². The maximum atomic E-state index is 13.6. The van der Waals surface area contributed by atoms with Gasteiger partial charge in [0.1, 0.15) is 34.9 Å². The smallest absolute Gasteiger partial charge is 0.405 e. The minimum absolute atomic E-state index is 0.0276. The summed E-state index contributed by atoms with van der Waals surface area (Å²) in [5, 5.41) is 45.0. The minimum Gasteiger partial charge on any atom is -0.508 e. The highest BCUT2D eigenvalue weighted by Crippen LogP contribution is 2.41. The first kappa shape index (κ1) is 50.1. The number of phenolic OH excluding ortho intramolecular Hbond substituents is 2. The average Bonchev–Trinajstić information content (AvgIpc) is 4.02. The van der Waals surface area contributed by atoms with E-state index in [2.05, 4.69) is 68.7 Å². The van der Waals surface area contributed by atoms with Gasteiger partial charge in [0.15, 0.2) is 11.6 Å².